The van der Waals surface area contributed by atoms with Gasteiger partial charge in [0.25, 0.3) is 0 Å². The van der Waals surface area contributed by atoms with Crippen molar-refractivity contribution in [2.24, 2.45) is 0 Å². The van der Waals surface area contributed by atoms with Crippen LogP contribution < -0.4 is 0 Å². The van der Waals surface area contributed by atoms with Crippen molar-refractivity contribution in [1.82, 2.24) is 4.90 Å². The Morgan fingerprint density at radius 3 is 0.838 bits per heavy atom. The maximum atomic E-state index is 12.2. The molecule has 0 N–H and O–H groups in total. The van der Waals surface area contributed by atoms with E-state index in [1.165, 1.54) is 167 Å². The van der Waals surface area contributed by atoms with Crippen molar-refractivity contribution in [2.75, 3.05) is 19.0 Å². The Morgan fingerprint density at radius 2 is 0.622 bits per heavy atom. The molecule has 0 rings (SSSR count). The number of halogens is 1. The standard InChI is InChI=1S/C34H68ClNO/c1-3-5-7-9-11-13-15-17-19-21-23-25-27-29-31-36(34(37)33-35)32-30-28-26-24-22-20-18-16-14-12-10-8-6-4-2/h3-33H2,1-2H3. The summed E-state index contributed by atoms with van der Waals surface area (Å²) in [6.45, 7) is 6.39. The lowest BCUT2D eigenvalue weighted by Crippen LogP contribution is -2.33. The molecule has 222 valence electrons. The van der Waals surface area contributed by atoms with Crippen LogP contribution in [-0.4, -0.2) is 29.8 Å². The SMILES string of the molecule is CCCCCCCCCCCCCCCCN(CCCCCCCCCCCCCCCC)C(=O)CCl. The molecule has 0 fully saturated rings. The highest BCUT2D eigenvalue weighted by molar-refractivity contribution is 6.27. The summed E-state index contributed by atoms with van der Waals surface area (Å²) in [5.41, 5.74) is 0. The lowest BCUT2D eigenvalue weighted by Gasteiger charge is -2.22. The largest absolute Gasteiger partial charge is 0.342 e. The quantitative estimate of drug-likeness (QED) is 0.0630. The molecule has 0 saturated heterocycles. The molecule has 0 aliphatic heterocycles. The van der Waals surface area contributed by atoms with E-state index in [1.807, 2.05) is 4.90 Å². The maximum Gasteiger partial charge on any atom is 0.237 e. The van der Waals surface area contributed by atoms with Crippen molar-refractivity contribution in [2.45, 2.75) is 194 Å². The van der Waals surface area contributed by atoms with Crippen molar-refractivity contribution in [3.8, 4) is 0 Å². The average Bonchev–Trinajstić information content (AvgIpc) is 2.91. The molecule has 0 unspecified atom stereocenters. The fourth-order valence-corrected chi connectivity index (χ4v) is 5.61. The monoisotopic (exact) mass is 541 g/mol. The van der Waals surface area contributed by atoms with E-state index in [1.54, 1.807) is 0 Å². The predicted molar refractivity (Wildman–Crippen MR) is 168 cm³/mol. The summed E-state index contributed by atoms with van der Waals surface area (Å²) in [5, 5.41) is 0. The Balaban J connectivity index is 3.51. The van der Waals surface area contributed by atoms with Crippen LogP contribution in [0.1, 0.15) is 194 Å². The summed E-state index contributed by atoms with van der Waals surface area (Å²) >= 11 is 5.89. The summed E-state index contributed by atoms with van der Waals surface area (Å²) < 4.78 is 0. The molecule has 0 aliphatic carbocycles. The molecule has 0 radical (unpaired) electrons. The van der Waals surface area contributed by atoms with Gasteiger partial charge in [0.05, 0.1) is 0 Å². The zero-order chi connectivity index (χ0) is 27.1. The van der Waals surface area contributed by atoms with E-state index in [4.69, 9.17) is 11.6 Å². The van der Waals surface area contributed by atoms with Crippen molar-refractivity contribution in [1.29, 1.82) is 0 Å². The molecule has 1 amide bonds. The number of hydrogen-bond donors (Lipinski definition) is 0. The normalized spacial score (nSPS) is 11.3. The topological polar surface area (TPSA) is 20.3 Å². The van der Waals surface area contributed by atoms with Gasteiger partial charge in [0.1, 0.15) is 5.88 Å². The highest BCUT2D eigenvalue weighted by Gasteiger charge is 2.11. The summed E-state index contributed by atoms with van der Waals surface area (Å²) in [4.78, 5) is 14.3. The van der Waals surface area contributed by atoms with E-state index in [0.29, 0.717) is 0 Å². The van der Waals surface area contributed by atoms with Gasteiger partial charge >= 0.3 is 0 Å². The molecule has 0 aromatic rings. The molecule has 0 aromatic carbocycles. The van der Waals surface area contributed by atoms with Gasteiger partial charge < -0.3 is 4.90 Å². The number of carbonyl (C=O) groups is 1. The lowest BCUT2D eigenvalue weighted by atomic mass is 10.0. The van der Waals surface area contributed by atoms with Gasteiger partial charge in [0, 0.05) is 13.1 Å². The van der Waals surface area contributed by atoms with Crippen LogP contribution in [0.25, 0.3) is 0 Å². The first kappa shape index (κ1) is 36.8. The second-order valence-electron chi connectivity index (χ2n) is 11.7. The first-order valence-corrected chi connectivity index (χ1v) is 17.6. The van der Waals surface area contributed by atoms with E-state index >= 15 is 0 Å². The van der Waals surface area contributed by atoms with Gasteiger partial charge in [-0.1, -0.05) is 181 Å². The molecule has 0 aromatic heterocycles. The molecular formula is C34H68ClNO. The fourth-order valence-electron chi connectivity index (χ4n) is 5.44. The second kappa shape index (κ2) is 32.0. The zero-order valence-corrected chi connectivity index (χ0v) is 26.4. The van der Waals surface area contributed by atoms with Crippen LogP contribution in [0.15, 0.2) is 0 Å². The summed E-state index contributed by atoms with van der Waals surface area (Å²) in [6.07, 6.45) is 38.5. The first-order valence-electron chi connectivity index (χ1n) is 17.1. The molecule has 37 heavy (non-hydrogen) atoms. The predicted octanol–water partition coefficient (Wildman–Crippen LogP) is 12.0. The maximum absolute atomic E-state index is 12.2. The summed E-state index contributed by atoms with van der Waals surface area (Å²) in [7, 11) is 0. The Labute approximate surface area is 239 Å². The first-order chi connectivity index (χ1) is 18.3. The van der Waals surface area contributed by atoms with Gasteiger partial charge in [-0.25, -0.2) is 0 Å². The van der Waals surface area contributed by atoms with E-state index in [-0.39, 0.29) is 11.8 Å². The van der Waals surface area contributed by atoms with Crippen LogP contribution in [0, 0.1) is 0 Å². The van der Waals surface area contributed by atoms with Gasteiger partial charge in [0.2, 0.25) is 5.91 Å². The van der Waals surface area contributed by atoms with Gasteiger partial charge in [-0.3, -0.25) is 4.79 Å². The average molecular weight is 542 g/mol. The van der Waals surface area contributed by atoms with Gasteiger partial charge in [-0.2, -0.15) is 0 Å². The Morgan fingerprint density at radius 1 is 0.405 bits per heavy atom. The third-order valence-corrected chi connectivity index (χ3v) is 8.26. The van der Waals surface area contributed by atoms with Gasteiger partial charge in [-0.05, 0) is 12.8 Å². The highest BCUT2D eigenvalue weighted by atomic mass is 35.5. The highest BCUT2D eigenvalue weighted by Crippen LogP contribution is 2.15. The number of carbonyl (C=O) groups excluding carboxylic acids is 1. The van der Waals surface area contributed by atoms with Crippen molar-refractivity contribution < 1.29 is 4.79 Å². The Kier molecular flexibility index (Phi) is 31.8. The van der Waals surface area contributed by atoms with E-state index in [2.05, 4.69) is 13.8 Å². The molecule has 2 nitrogen and oxygen atoms in total. The van der Waals surface area contributed by atoms with Crippen LogP contribution in [-0.2, 0) is 4.79 Å². The molecular weight excluding hydrogens is 474 g/mol. The number of rotatable bonds is 31. The van der Waals surface area contributed by atoms with Crippen LogP contribution in [0.5, 0.6) is 0 Å². The van der Waals surface area contributed by atoms with Crippen molar-refractivity contribution in [3.63, 3.8) is 0 Å². The van der Waals surface area contributed by atoms with Crippen LogP contribution in [0.4, 0.5) is 0 Å². The fraction of sp³-hybridized carbons (Fsp3) is 0.971. The smallest absolute Gasteiger partial charge is 0.237 e. The molecule has 0 atom stereocenters. The summed E-state index contributed by atoms with van der Waals surface area (Å²) in [6, 6.07) is 0. The van der Waals surface area contributed by atoms with Crippen molar-refractivity contribution in [3.05, 3.63) is 0 Å². The third kappa shape index (κ3) is 28.6. The lowest BCUT2D eigenvalue weighted by molar-refractivity contribution is -0.128. The van der Waals surface area contributed by atoms with E-state index < -0.39 is 0 Å². The number of unbranched alkanes of at least 4 members (excludes halogenated alkanes) is 26. The Hall–Kier alpha value is -0.240. The minimum atomic E-state index is 0.131. The van der Waals surface area contributed by atoms with Crippen molar-refractivity contribution >= 4 is 17.5 Å². The Bertz CT molecular complexity index is 410. The molecule has 0 saturated carbocycles. The van der Waals surface area contributed by atoms with Gasteiger partial charge in [-0.15, -0.1) is 11.6 Å². The number of amides is 1. The van der Waals surface area contributed by atoms with E-state index in [9.17, 15) is 4.79 Å². The zero-order valence-electron chi connectivity index (χ0n) is 25.7. The van der Waals surface area contributed by atoms with Gasteiger partial charge in [0.15, 0.2) is 0 Å². The number of hydrogen-bond acceptors (Lipinski definition) is 1. The molecule has 3 heteroatoms. The molecule has 0 spiro atoms. The van der Waals surface area contributed by atoms with Crippen LogP contribution >= 0.6 is 11.6 Å². The number of alkyl halides is 1. The summed E-state index contributed by atoms with van der Waals surface area (Å²) in [5.74, 6) is 0.267. The second-order valence-corrected chi connectivity index (χ2v) is 12.0. The van der Waals surface area contributed by atoms with E-state index in [0.717, 1.165) is 25.9 Å². The molecule has 0 bridgehead atoms. The third-order valence-electron chi connectivity index (χ3n) is 8.03. The van der Waals surface area contributed by atoms with Crippen LogP contribution in [0.2, 0.25) is 0 Å². The van der Waals surface area contributed by atoms with Crippen LogP contribution in [0.3, 0.4) is 0 Å². The molecule has 0 heterocycles. The minimum absolute atomic E-state index is 0.131. The molecule has 0 aliphatic rings. The minimum Gasteiger partial charge on any atom is -0.342 e. The number of nitrogens with zero attached hydrogens (tertiary/aromatic N) is 1.